The van der Waals surface area contributed by atoms with Gasteiger partial charge in [0, 0.05) is 31.5 Å². The predicted octanol–water partition coefficient (Wildman–Crippen LogP) is 1.65. The number of nitrogens with one attached hydrogen (secondary N) is 1. The Balaban J connectivity index is 0.00000114. The van der Waals surface area contributed by atoms with Crippen molar-refractivity contribution < 1.29 is 33.1 Å². The van der Waals surface area contributed by atoms with Crippen LogP contribution in [0.25, 0.3) is 11.4 Å². The monoisotopic (exact) mass is 450 g/mol. The van der Waals surface area contributed by atoms with Crippen LogP contribution in [-0.2, 0) is 25.5 Å². The van der Waals surface area contributed by atoms with Crippen molar-refractivity contribution in [1.29, 1.82) is 0 Å². The van der Waals surface area contributed by atoms with Crippen LogP contribution in [0.5, 0.6) is 0 Å². The number of rotatable bonds is 8. The number of likely N-dealkylation sites (N-methyl/N-ethyl adjacent to an activating group) is 1. The number of carbonyl (C=O) groups excluding carboxylic acids is 2. The summed E-state index contributed by atoms with van der Waals surface area (Å²) in [4.78, 5) is 38.3. The van der Waals surface area contributed by atoms with E-state index in [1.54, 1.807) is 18.2 Å². The van der Waals surface area contributed by atoms with Gasteiger partial charge < -0.3 is 19.7 Å². The van der Waals surface area contributed by atoms with Gasteiger partial charge in [-0.15, -0.1) is 0 Å². The molecule has 0 aliphatic carbocycles. The number of ether oxygens (including phenoxy) is 1. The molecule has 0 spiro atoms. The van der Waals surface area contributed by atoms with E-state index >= 15 is 0 Å². The van der Waals surface area contributed by atoms with Crippen LogP contribution in [-0.4, -0.2) is 71.3 Å². The summed E-state index contributed by atoms with van der Waals surface area (Å²) in [6, 6.07) is 6.50. The van der Waals surface area contributed by atoms with Crippen molar-refractivity contribution >= 4 is 18.3 Å². The van der Waals surface area contributed by atoms with E-state index in [1.807, 2.05) is 7.05 Å². The molecule has 2 atom stereocenters. The topological polar surface area (TPSA) is 135 Å². The molecule has 0 radical (unpaired) electrons. The molecule has 10 nitrogen and oxygen atoms in total. The fourth-order valence-electron chi connectivity index (χ4n) is 3.51. The van der Waals surface area contributed by atoms with E-state index in [2.05, 4.69) is 20.4 Å². The second-order valence-corrected chi connectivity index (χ2v) is 7.23. The number of benzene rings is 1. The summed E-state index contributed by atoms with van der Waals surface area (Å²) in [5, 5.41) is 13.6. The smallest absolute Gasteiger partial charge is 0.307 e. The van der Waals surface area contributed by atoms with Crippen LogP contribution < -0.4 is 5.32 Å². The number of aromatic nitrogens is 2. The molecule has 174 valence electrons. The Morgan fingerprint density at radius 1 is 1.34 bits per heavy atom. The van der Waals surface area contributed by atoms with Gasteiger partial charge in [-0.25, -0.2) is 4.39 Å². The summed E-state index contributed by atoms with van der Waals surface area (Å²) in [6.07, 6.45) is 2.64. The van der Waals surface area contributed by atoms with Crippen molar-refractivity contribution in [2.24, 2.45) is 0 Å². The van der Waals surface area contributed by atoms with Crippen molar-refractivity contribution in [1.82, 2.24) is 20.4 Å². The fraction of sp³-hybridized carbons (Fsp3) is 0.476. The van der Waals surface area contributed by atoms with Crippen LogP contribution in [0, 0.1) is 5.82 Å². The lowest BCUT2D eigenvalue weighted by atomic mass is 10.1. The zero-order valence-electron chi connectivity index (χ0n) is 18.0. The van der Waals surface area contributed by atoms with Crippen molar-refractivity contribution in [3.05, 3.63) is 36.0 Å². The van der Waals surface area contributed by atoms with Gasteiger partial charge >= 0.3 is 5.97 Å². The zero-order valence-corrected chi connectivity index (χ0v) is 18.0. The van der Waals surface area contributed by atoms with Gasteiger partial charge in [0.25, 0.3) is 6.47 Å². The number of carboxylic acid groups (broad SMARTS) is 1. The van der Waals surface area contributed by atoms with Crippen LogP contribution >= 0.6 is 0 Å². The summed E-state index contributed by atoms with van der Waals surface area (Å²) in [5.41, 5.74) is 0.262. The Bertz CT molecular complexity index is 906. The minimum atomic E-state index is -0.427. The van der Waals surface area contributed by atoms with Gasteiger partial charge in [-0.1, -0.05) is 17.3 Å². The van der Waals surface area contributed by atoms with Crippen molar-refractivity contribution in [2.45, 2.75) is 44.2 Å². The van der Waals surface area contributed by atoms with Crippen LogP contribution in [0.3, 0.4) is 0 Å². The summed E-state index contributed by atoms with van der Waals surface area (Å²) in [5.74, 6) is -0.317. The maximum atomic E-state index is 13.8. The van der Waals surface area contributed by atoms with Crippen LogP contribution in [0.4, 0.5) is 4.39 Å². The molecule has 1 amide bonds. The molecular weight excluding hydrogens is 423 g/mol. The van der Waals surface area contributed by atoms with E-state index in [0.717, 1.165) is 12.8 Å². The second-order valence-electron chi connectivity index (χ2n) is 7.23. The quantitative estimate of drug-likeness (QED) is 0.455. The molecule has 1 aromatic carbocycles. The Morgan fingerprint density at radius 3 is 2.72 bits per heavy atom. The molecule has 1 saturated heterocycles. The highest BCUT2D eigenvalue weighted by Crippen LogP contribution is 2.24. The van der Waals surface area contributed by atoms with Crippen LogP contribution in [0.1, 0.15) is 31.6 Å². The fourth-order valence-corrected chi connectivity index (χ4v) is 3.51. The number of aryl methyl sites for hydroxylation is 1. The van der Waals surface area contributed by atoms with Crippen molar-refractivity contribution in [2.75, 3.05) is 20.7 Å². The molecule has 32 heavy (non-hydrogen) atoms. The van der Waals surface area contributed by atoms with Crippen molar-refractivity contribution in [3.63, 3.8) is 0 Å². The lowest BCUT2D eigenvalue weighted by Gasteiger charge is -2.25. The van der Waals surface area contributed by atoms with Crippen molar-refractivity contribution in [3.8, 4) is 11.4 Å². The highest BCUT2D eigenvalue weighted by Gasteiger charge is 2.32. The lowest BCUT2D eigenvalue weighted by molar-refractivity contribution is -0.141. The number of hydrogen-bond donors (Lipinski definition) is 2. The van der Waals surface area contributed by atoms with E-state index in [9.17, 15) is 14.0 Å². The number of likely N-dealkylation sites (tertiary alicyclic amines) is 1. The highest BCUT2D eigenvalue weighted by molar-refractivity contribution is 5.76. The number of nitrogens with zero attached hydrogens (tertiary/aromatic N) is 3. The molecule has 2 heterocycles. The third kappa shape index (κ3) is 7.12. The van der Waals surface area contributed by atoms with E-state index in [4.69, 9.17) is 19.2 Å². The van der Waals surface area contributed by atoms with E-state index in [1.165, 1.54) is 13.2 Å². The van der Waals surface area contributed by atoms with E-state index in [-0.39, 0.29) is 60.6 Å². The molecule has 1 aliphatic heterocycles. The normalized spacial score (nSPS) is 17.8. The minimum absolute atomic E-state index is 0.125. The number of hydrogen-bond acceptors (Lipinski definition) is 8. The molecule has 0 bridgehead atoms. The number of methoxy groups -OCH3 is 1. The molecule has 3 rings (SSSR count). The summed E-state index contributed by atoms with van der Waals surface area (Å²) < 4.78 is 23.6. The maximum absolute atomic E-state index is 13.8. The average molecular weight is 450 g/mol. The molecule has 0 saturated carbocycles. The van der Waals surface area contributed by atoms with Crippen LogP contribution in [0.2, 0.25) is 0 Å². The first kappa shape index (κ1) is 24.9. The third-order valence-corrected chi connectivity index (χ3v) is 5.30. The number of amides is 1. The van der Waals surface area contributed by atoms with E-state index < -0.39 is 5.82 Å². The van der Waals surface area contributed by atoms with Gasteiger partial charge in [0.1, 0.15) is 5.82 Å². The number of esters is 1. The number of carbonyl (C=O) groups is 3. The van der Waals surface area contributed by atoms with Gasteiger partial charge in [-0.3, -0.25) is 19.3 Å². The Hall–Kier alpha value is -3.34. The first-order valence-corrected chi connectivity index (χ1v) is 10.1. The van der Waals surface area contributed by atoms with Gasteiger partial charge in [-0.05, 0) is 32.0 Å². The lowest BCUT2D eigenvalue weighted by Crippen LogP contribution is -2.41. The predicted molar refractivity (Wildman–Crippen MR) is 111 cm³/mol. The molecule has 2 N–H and O–H groups in total. The maximum Gasteiger partial charge on any atom is 0.307 e. The van der Waals surface area contributed by atoms with Crippen LogP contribution in [0.15, 0.2) is 28.8 Å². The molecule has 11 heteroatoms. The molecular formula is C21H27FN4O6. The zero-order chi connectivity index (χ0) is 23.5. The van der Waals surface area contributed by atoms with Gasteiger partial charge in [0.05, 0.1) is 19.1 Å². The first-order valence-electron chi connectivity index (χ1n) is 10.1. The highest BCUT2D eigenvalue weighted by atomic mass is 19.1. The van der Waals surface area contributed by atoms with Gasteiger partial charge in [-0.2, -0.15) is 4.98 Å². The Kier molecular flexibility index (Phi) is 9.74. The second kappa shape index (κ2) is 12.5. The third-order valence-electron chi connectivity index (χ3n) is 5.30. The summed E-state index contributed by atoms with van der Waals surface area (Å²) >= 11 is 0. The molecule has 2 aromatic rings. The van der Waals surface area contributed by atoms with Gasteiger partial charge in [0.2, 0.25) is 17.6 Å². The standard InChI is InChI=1S/C20H25FN4O4.CH2O2/c1-25-13(11-19(27)28-2)7-8-14(25)12-22-17(26)9-10-18-23-20(24-29-18)15-5-3-4-6-16(15)21;2-1-3/h3-6,13-14H,7-12H2,1-2H3,(H,22,26);1H,(H,2,3)/t13-,14+;/m1./s1. The number of halogens is 1. The summed E-state index contributed by atoms with van der Waals surface area (Å²) in [7, 11) is 3.35. The molecule has 1 aliphatic rings. The van der Waals surface area contributed by atoms with Gasteiger partial charge in [0.15, 0.2) is 0 Å². The molecule has 1 fully saturated rings. The Labute approximate surface area is 184 Å². The summed E-state index contributed by atoms with van der Waals surface area (Å²) in [6.45, 7) is 0.261. The largest absolute Gasteiger partial charge is 0.483 e. The molecule has 1 aromatic heterocycles. The van der Waals surface area contributed by atoms with E-state index in [0.29, 0.717) is 13.0 Å². The SMILES string of the molecule is COC(=O)C[C@H]1CC[C@@H](CNC(=O)CCc2nc(-c3ccccc3F)no2)N1C.O=CO. The first-order chi connectivity index (χ1) is 15.4. The minimum Gasteiger partial charge on any atom is -0.483 e. The average Bonchev–Trinajstić information content (AvgIpc) is 3.39. The Morgan fingerprint density at radius 2 is 2.03 bits per heavy atom. The molecule has 0 unspecified atom stereocenters.